The van der Waals surface area contributed by atoms with Crippen LogP contribution >= 0.6 is 0 Å². The first kappa shape index (κ1) is 15.2. The Morgan fingerprint density at radius 2 is 2.17 bits per heavy atom. The largest absolute Gasteiger partial charge is 0.482 e. The molecular formula is C16H17N3O4. The first-order chi connectivity index (χ1) is 11.1. The Balaban J connectivity index is 1.88. The van der Waals surface area contributed by atoms with E-state index in [0.717, 1.165) is 5.69 Å². The molecule has 1 aliphatic heterocycles. The van der Waals surface area contributed by atoms with Crippen LogP contribution in [0.4, 0.5) is 11.4 Å². The number of aromatic nitrogens is 1. The number of rotatable bonds is 6. The smallest absolute Gasteiger partial charge is 0.296 e. The van der Waals surface area contributed by atoms with E-state index in [-0.39, 0.29) is 17.8 Å². The monoisotopic (exact) mass is 315 g/mol. The van der Waals surface area contributed by atoms with Crippen LogP contribution in [0.3, 0.4) is 0 Å². The molecule has 0 amide bonds. The number of hydrogen-bond donors (Lipinski definition) is 1. The molecule has 1 aliphatic rings. The zero-order chi connectivity index (χ0) is 16.2. The predicted octanol–water partition coefficient (Wildman–Crippen LogP) is 2.94. The SMILES string of the molecule is C[C@@H](Oc1cccc([N+](=O)[O-])c1NC1COC1)c1ccccn1. The summed E-state index contributed by atoms with van der Waals surface area (Å²) >= 11 is 0. The number of nitro benzene ring substituents is 1. The molecule has 7 heteroatoms. The summed E-state index contributed by atoms with van der Waals surface area (Å²) in [7, 11) is 0. The second kappa shape index (κ2) is 6.62. The molecule has 23 heavy (non-hydrogen) atoms. The van der Waals surface area contributed by atoms with Gasteiger partial charge in [-0.3, -0.25) is 15.1 Å². The number of benzene rings is 1. The Kier molecular flexibility index (Phi) is 4.38. The first-order valence-electron chi connectivity index (χ1n) is 7.34. The number of nitrogens with one attached hydrogen (secondary N) is 1. The second-order valence-corrected chi connectivity index (χ2v) is 5.30. The molecule has 1 fully saturated rings. The van der Waals surface area contributed by atoms with Crippen molar-refractivity contribution < 1.29 is 14.4 Å². The maximum atomic E-state index is 11.3. The summed E-state index contributed by atoms with van der Waals surface area (Å²) in [5, 5.41) is 14.4. The molecule has 2 heterocycles. The topological polar surface area (TPSA) is 86.5 Å². The van der Waals surface area contributed by atoms with Crippen LogP contribution in [0.25, 0.3) is 0 Å². The Morgan fingerprint density at radius 3 is 2.78 bits per heavy atom. The molecule has 1 aromatic heterocycles. The summed E-state index contributed by atoms with van der Waals surface area (Å²) in [4.78, 5) is 15.1. The average molecular weight is 315 g/mol. The molecule has 0 bridgehead atoms. The fourth-order valence-corrected chi connectivity index (χ4v) is 2.31. The van der Waals surface area contributed by atoms with E-state index in [9.17, 15) is 10.1 Å². The molecule has 1 saturated heterocycles. The van der Waals surface area contributed by atoms with Gasteiger partial charge in [-0.1, -0.05) is 12.1 Å². The number of nitro groups is 1. The van der Waals surface area contributed by atoms with Crippen molar-refractivity contribution in [3.05, 3.63) is 58.4 Å². The van der Waals surface area contributed by atoms with Gasteiger partial charge in [0.2, 0.25) is 0 Å². The zero-order valence-electron chi connectivity index (χ0n) is 12.6. The lowest BCUT2D eigenvalue weighted by Crippen LogP contribution is -2.40. The number of hydrogen-bond acceptors (Lipinski definition) is 6. The van der Waals surface area contributed by atoms with E-state index in [0.29, 0.717) is 24.7 Å². The highest BCUT2D eigenvalue weighted by atomic mass is 16.6. The summed E-state index contributed by atoms with van der Waals surface area (Å²) in [5.41, 5.74) is 1.13. The molecule has 0 radical (unpaired) electrons. The fraction of sp³-hybridized carbons (Fsp3) is 0.312. The second-order valence-electron chi connectivity index (χ2n) is 5.30. The first-order valence-corrected chi connectivity index (χ1v) is 7.34. The van der Waals surface area contributed by atoms with Gasteiger partial charge in [-0.25, -0.2) is 0 Å². The van der Waals surface area contributed by atoms with Crippen molar-refractivity contribution in [3.8, 4) is 5.75 Å². The molecule has 0 aliphatic carbocycles. The Morgan fingerprint density at radius 1 is 1.35 bits per heavy atom. The normalized spacial score (nSPS) is 15.5. The van der Waals surface area contributed by atoms with Crippen molar-refractivity contribution in [2.75, 3.05) is 18.5 Å². The minimum atomic E-state index is -0.417. The van der Waals surface area contributed by atoms with E-state index in [1.807, 2.05) is 25.1 Å². The highest BCUT2D eigenvalue weighted by Gasteiger charge is 2.26. The Hall–Kier alpha value is -2.67. The van der Waals surface area contributed by atoms with Gasteiger partial charge >= 0.3 is 0 Å². The van der Waals surface area contributed by atoms with Gasteiger partial charge in [0, 0.05) is 12.3 Å². The number of ether oxygens (including phenoxy) is 2. The van der Waals surface area contributed by atoms with E-state index in [1.54, 1.807) is 18.3 Å². The molecule has 7 nitrogen and oxygen atoms in total. The van der Waals surface area contributed by atoms with Crippen molar-refractivity contribution >= 4 is 11.4 Å². The van der Waals surface area contributed by atoms with Gasteiger partial charge in [-0.15, -0.1) is 0 Å². The minimum Gasteiger partial charge on any atom is -0.482 e. The third kappa shape index (κ3) is 3.40. The molecule has 1 N–H and O–H groups in total. The van der Waals surface area contributed by atoms with Gasteiger partial charge in [0.05, 0.1) is 29.9 Å². The third-order valence-corrected chi connectivity index (χ3v) is 3.60. The van der Waals surface area contributed by atoms with Crippen molar-refractivity contribution in [2.45, 2.75) is 19.1 Å². The van der Waals surface area contributed by atoms with E-state index < -0.39 is 4.92 Å². The standard InChI is InChI=1S/C16H17N3O4/c1-11(13-5-2-3-8-17-13)23-15-7-4-6-14(19(20)21)16(15)18-12-9-22-10-12/h2-8,11-12,18H,9-10H2,1H3/t11-/m1/s1. The molecule has 1 aromatic carbocycles. The molecule has 1 atom stereocenters. The minimum absolute atomic E-state index is 0.0115. The Labute approximate surface area is 133 Å². The lowest BCUT2D eigenvalue weighted by molar-refractivity contribution is -0.384. The van der Waals surface area contributed by atoms with Crippen LogP contribution in [0, 0.1) is 10.1 Å². The van der Waals surface area contributed by atoms with Crippen LogP contribution in [-0.2, 0) is 4.74 Å². The van der Waals surface area contributed by atoms with E-state index in [1.165, 1.54) is 6.07 Å². The predicted molar refractivity (Wildman–Crippen MR) is 84.6 cm³/mol. The number of pyridine rings is 1. The van der Waals surface area contributed by atoms with Gasteiger partial charge in [-0.05, 0) is 25.1 Å². The van der Waals surface area contributed by atoms with E-state index in [4.69, 9.17) is 9.47 Å². The molecule has 3 rings (SSSR count). The molecule has 0 spiro atoms. The molecular weight excluding hydrogens is 298 g/mol. The lowest BCUT2D eigenvalue weighted by Gasteiger charge is -2.28. The van der Waals surface area contributed by atoms with Crippen molar-refractivity contribution in [2.24, 2.45) is 0 Å². The van der Waals surface area contributed by atoms with Crippen LogP contribution in [0.2, 0.25) is 0 Å². The van der Waals surface area contributed by atoms with Crippen LogP contribution in [0.5, 0.6) is 5.75 Å². The Bertz CT molecular complexity index is 689. The fourth-order valence-electron chi connectivity index (χ4n) is 2.31. The summed E-state index contributed by atoms with van der Waals surface area (Å²) in [6.45, 7) is 2.92. The van der Waals surface area contributed by atoms with E-state index in [2.05, 4.69) is 10.3 Å². The summed E-state index contributed by atoms with van der Waals surface area (Å²) in [6, 6.07) is 10.4. The average Bonchev–Trinajstić information content (AvgIpc) is 2.52. The number of nitrogens with zero attached hydrogens (tertiary/aromatic N) is 2. The summed E-state index contributed by atoms with van der Waals surface area (Å²) < 4.78 is 11.0. The summed E-state index contributed by atoms with van der Waals surface area (Å²) in [5.74, 6) is 0.434. The molecule has 2 aromatic rings. The zero-order valence-corrected chi connectivity index (χ0v) is 12.6. The van der Waals surface area contributed by atoms with Crippen LogP contribution in [-0.4, -0.2) is 29.2 Å². The van der Waals surface area contributed by atoms with Gasteiger partial charge in [0.15, 0.2) is 11.4 Å². The third-order valence-electron chi connectivity index (χ3n) is 3.60. The van der Waals surface area contributed by atoms with Gasteiger partial charge in [-0.2, -0.15) is 0 Å². The van der Waals surface area contributed by atoms with Gasteiger partial charge < -0.3 is 14.8 Å². The van der Waals surface area contributed by atoms with Crippen molar-refractivity contribution in [1.82, 2.24) is 4.98 Å². The van der Waals surface area contributed by atoms with Crippen LogP contribution in [0.1, 0.15) is 18.7 Å². The number of anilines is 1. The van der Waals surface area contributed by atoms with Crippen molar-refractivity contribution in [3.63, 3.8) is 0 Å². The molecule has 0 unspecified atom stereocenters. The highest BCUT2D eigenvalue weighted by Crippen LogP contribution is 2.37. The maximum Gasteiger partial charge on any atom is 0.296 e. The lowest BCUT2D eigenvalue weighted by atomic mass is 10.2. The van der Waals surface area contributed by atoms with Crippen LogP contribution in [0.15, 0.2) is 42.6 Å². The number of para-hydroxylation sites is 1. The van der Waals surface area contributed by atoms with Crippen LogP contribution < -0.4 is 10.1 Å². The highest BCUT2D eigenvalue weighted by molar-refractivity contribution is 5.70. The van der Waals surface area contributed by atoms with Crippen molar-refractivity contribution in [1.29, 1.82) is 0 Å². The maximum absolute atomic E-state index is 11.3. The molecule has 0 saturated carbocycles. The van der Waals surface area contributed by atoms with E-state index >= 15 is 0 Å². The van der Waals surface area contributed by atoms with Gasteiger partial charge in [0.25, 0.3) is 5.69 Å². The van der Waals surface area contributed by atoms with Gasteiger partial charge in [0.1, 0.15) is 6.10 Å². The molecule has 120 valence electrons. The quantitative estimate of drug-likeness (QED) is 0.651. The summed E-state index contributed by atoms with van der Waals surface area (Å²) in [6.07, 6.45) is 1.37.